The van der Waals surface area contributed by atoms with Crippen LogP contribution in [-0.4, -0.2) is 56.2 Å². The molecule has 150 valence electrons. The van der Waals surface area contributed by atoms with Gasteiger partial charge in [0.2, 0.25) is 5.91 Å². The molecule has 1 amide bonds. The van der Waals surface area contributed by atoms with E-state index < -0.39 is 18.6 Å². The maximum Gasteiger partial charge on any atom is 0.406 e. The number of rotatable bonds is 7. The molecule has 9 heteroatoms. The Morgan fingerprint density at radius 1 is 1.30 bits per heavy atom. The fraction of sp³-hybridized carbons (Fsp3) is 0.556. The van der Waals surface area contributed by atoms with Crippen LogP contribution in [0.3, 0.4) is 0 Å². The van der Waals surface area contributed by atoms with Crippen LogP contribution in [-0.2, 0) is 10.2 Å². The lowest BCUT2D eigenvalue weighted by Crippen LogP contribution is -2.42. The first kappa shape index (κ1) is 21.5. The molecular formula is C18H24BrF3N4O. The Bertz CT molecular complexity index is 689. The van der Waals surface area contributed by atoms with Crippen molar-refractivity contribution < 1.29 is 18.0 Å². The van der Waals surface area contributed by atoms with Crippen molar-refractivity contribution in [2.45, 2.75) is 31.4 Å². The number of nitrogens with zero attached hydrogens (tertiary/aromatic N) is 2. The summed E-state index contributed by atoms with van der Waals surface area (Å²) in [6, 6.07) is 8.04. The molecular weight excluding hydrogens is 425 g/mol. The highest BCUT2D eigenvalue weighted by Gasteiger charge is 2.45. The molecule has 0 bridgehead atoms. The van der Waals surface area contributed by atoms with Gasteiger partial charge in [-0.3, -0.25) is 4.79 Å². The molecule has 1 saturated carbocycles. The maximum atomic E-state index is 12.4. The van der Waals surface area contributed by atoms with Crippen molar-refractivity contribution in [3.8, 4) is 0 Å². The third kappa shape index (κ3) is 6.41. The van der Waals surface area contributed by atoms with Gasteiger partial charge in [0.05, 0.1) is 0 Å². The topological polar surface area (TPSA) is 56.7 Å². The third-order valence-electron chi connectivity index (χ3n) is 4.45. The number of carbonyl (C=O) groups is 1. The van der Waals surface area contributed by atoms with Crippen LogP contribution in [0.15, 0.2) is 33.7 Å². The van der Waals surface area contributed by atoms with E-state index in [9.17, 15) is 18.0 Å². The highest BCUT2D eigenvalue weighted by atomic mass is 79.9. The number of aliphatic imine (C=N–C) groups is 1. The van der Waals surface area contributed by atoms with E-state index in [2.05, 4.69) is 37.6 Å². The van der Waals surface area contributed by atoms with E-state index in [1.54, 1.807) is 0 Å². The molecule has 0 unspecified atom stereocenters. The van der Waals surface area contributed by atoms with E-state index in [0.29, 0.717) is 23.9 Å². The van der Waals surface area contributed by atoms with E-state index in [4.69, 9.17) is 0 Å². The minimum Gasteiger partial charge on any atom is -0.357 e. The molecule has 0 atom stereocenters. The number of hydrogen-bond acceptors (Lipinski definition) is 2. The molecule has 0 heterocycles. The summed E-state index contributed by atoms with van der Waals surface area (Å²) in [7, 11) is 1.12. The monoisotopic (exact) mass is 448 g/mol. The molecule has 1 aromatic rings. The summed E-state index contributed by atoms with van der Waals surface area (Å²) in [4.78, 5) is 16.6. The van der Waals surface area contributed by atoms with Crippen LogP contribution in [0.4, 0.5) is 13.2 Å². The second-order valence-electron chi connectivity index (χ2n) is 6.67. The van der Waals surface area contributed by atoms with Gasteiger partial charge in [0.15, 0.2) is 5.96 Å². The minimum atomic E-state index is -4.42. The number of carbonyl (C=O) groups excluding carboxylic acids is 1. The van der Waals surface area contributed by atoms with Gasteiger partial charge in [-0.1, -0.05) is 34.1 Å². The number of guanidine groups is 1. The Labute approximate surface area is 165 Å². The van der Waals surface area contributed by atoms with E-state index in [1.165, 1.54) is 5.56 Å². The van der Waals surface area contributed by atoms with E-state index >= 15 is 0 Å². The van der Waals surface area contributed by atoms with Crippen molar-refractivity contribution in [2.75, 3.05) is 33.2 Å². The predicted octanol–water partition coefficient (Wildman–Crippen LogP) is 3.06. The highest BCUT2D eigenvalue weighted by Crippen LogP contribution is 2.49. The largest absolute Gasteiger partial charge is 0.406 e. The number of likely N-dealkylation sites (N-methyl/N-ethyl adjacent to an activating group) is 1. The molecule has 2 N–H and O–H groups in total. The van der Waals surface area contributed by atoms with Crippen LogP contribution >= 0.6 is 15.9 Å². The third-order valence-corrected chi connectivity index (χ3v) is 5.14. The lowest BCUT2D eigenvalue weighted by Gasteiger charge is -2.21. The van der Waals surface area contributed by atoms with Gasteiger partial charge >= 0.3 is 6.18 Å². The van der Waals surface area contributed by atoms with Crippen molar-refractivity contribution in [3.05, 3.63) is 34.3 Å². The summed E-state index contributed by atoms with van der Waals surface area (Å²) >= 11 is 3.58. The highest BCUT2D eigenvalue weighted by molar-refractivity contribution is 9.10. The molecule has 1 fully saturated rings. The second-order valence-corrected chi connectivity index (χ2v) is 7.53. The smallest absolute Gasteiger partial charge is 0.357 e. The van der Waals surface area contributed by atoms with Gasteiger partial charge in [-0.05, 0) is 31.4 Å². The molecule has 0 radical (unpaired) electrons. The van der Waals surface area contributed by atoms with E-state index in [-0.39, 0.29) is 12.0 Å². The average molecular weight is 449 g/mol. The quantitative estimate of drug-likeness (QED) is 0.497. The Hall–Kier alpha value is -1.77. The molecule has 2 rings (SSSR count). The molecule has 1 aliphatic rings. The van der Waals surface area contributed by atoms with Gasteiger partial charge in [-0.15, -0.1) is 0 Å². The van der Waals surface area contributed by atoms with Gasteiger partial charge < -0.3 is 15.5 Å². The summed E-state index contributed by atoms with van der Waals surface area (Å²) in [5.74, 6) is -0.263. The molecule has 0 spiro atoms. The minimum absolute atomic E-state index is 0.00731. The van der Waals surface area contributed by atoms with Crippen molar-refractivity contribution in [3.63, 3.8) is 0 Å². The number of alkyl halides is 3. The standard InChI is InChI=1S/C18H24BrF3N4O/c1-3-23-16(24-10-15(27)26(2)12-18(20,21)22)25-11-17(8-9-17)13-6-4-5-7-14(13)19/h4-7H,3,8-12H2,1-2H3,(H2,23,24,25). The Morgan fingerprint density at radius 2 is 1.96 bits per heavy atom. The molecule has 0 aliphatic heterocycles. The van der Waals surface area contributed by atoms with Crippen LogP contribution in [0, 0.1) is 0 Å². The number of nitrogens with one attached hydrogen (secondary N) is 2. The van der Waals surface area contributed by atoms with Crippen LogP contribution < -0.4 is 10.6 Å². The molecule has 1 aromatic carbocycles. The number of halogens is 4. The van der Waals surface area contributed by atoms with Crippen molar-refractivity contribution in [2.24, 2.45) is 4.99 Å². The number of hydrogen-bond donors (Lipinski definition) is 2. The molecule has 0 aromatic heterocycles. The second kappa shape index (κ2) is 8.95. The van der Waals surface area contributed by atoms with Gasteiger partial charge in [0.1, 0.15) is 13.1 Å². The normalized spacial score (nSPS) is 16.0. The van der Waals surface area contributed by atoms with Crippen molar-refractivity contribution >= 4 is 27.8 Å². The fourth-order valence-electron chi connectivity index (χ4n) is 2.80. The number of benzene rings is 1. The SMILES string of the molecule is CCNC(=NCC(=O)N(C)CC(F)(F)F)NCC1(c2ccccc2Br)CC1. The zero-order valence-electron chi connectivity index (χ0n) is 15.4. The Morgan fingerprint density at radius 3 is 2.52 bits per heavy atom. The zero-order valence-corrected chi connectivity index (χ0v) is 17.0. The van der Waals surface area contributed by atoms with Crippen molar-refractivity contribution in [1.29, 1.82) is 0 Å². The summed E-state index contributed by atoms with van der Waals surface area (Å²) in [5.41, 5.74) is 1.22. The summed E-state index contributed by atoms with van der Waals surface area (Å²) in [5, 5.41) is 6.24. The molecule has 0 saturated heterocycles. The van der Waals surface area contributed by atoms with Crippen LogP contribution in [0.1, 0.15) is 25.3 Å². The predicted molar refractivity (Wildman–Crippen MR) is 103 cm³/mol. The van der Waals surface area contributed by atoms with Crippen LogP contribution in [0.2, 0.25) is 0 Å². The maximum absolute atomic E-state index is 12.4. The van der Waals surface area contributed by atoms with Crippen molar-refractivity contribution in [1.82, 2.24) is 15.5 Å². The lowest BCUT2D eigenvalue weighted by atomic mass is 9.96. The lowest BCUT2D eigenvalue weighted by molar-refractivity contribution is -0.157. The van der Waals surface area contributed by atoms with E-state index in [1.807, 2.05) is 25.1 Å². The molecule has 1 aliphatic carbocycles. The number of amides is 1. The molecule has 27 heavy (non-hydrogen) atoms. The first-order valence-electron chi connectivity index (χ1n) is 8.75. The van der Waals surface area contributed by atoms with Gasteiger partial charge in [0, 0.05) is 30.0 Å². The molecule has 5 nitrogen and oxygen atoms in total. The van der Waals surface area contributed by atoms with Gasteiger partial charge in [-0.25, -0.2) is 4.99 Å². The Balaban J connectivity index is 1.96. The summed E-state index contributed by atoms with van der Waals surface area (Å²) < 4.78 is 38.2. The zero-order chi connectivity index (χ0) is 20.1. The van der Waals surface area contributed by atoms with E-state index in [0.717, 1.165) is 24.4 Å². The fourth-order valence-corrected chi connectivity index (χ4v) is 3.51. The Kier molecular flexibility index (Phi) is 7.13. The van der Waals surface area contributed by atoms with Gasteiger partial charge in [0.25, 0.3) is 0 Å². The van der Waals surface area contributed by atoms with Gasteiger partial charge in [-0.2, -0.15) is 13.2 Å². The summed E-state index contributed by atoms with van der Waals surface area (Å²) in [6.45, 7) is 1.48. The van der Waals surface area contributed by atoms with Crippen LogP contribution in [0.5, 0.6) is 0 Å². The first-order chi connectivity index (χ1) is 12.7. The summed E-state index contributed by atoms with van der Waals surface area (Å²) in [6.07, 6.45) is -2.34. The first-order valence-corrected chi connectivity index (χ1v) is 9.54. The van der Waals surface area contributed by atoms with Crippen LogP contribution in [0.25, 0.3) is 0 Å². The average Bonchev–Trinajstić information content (AvgIpc) is 3.37.